The second-order valence-electron chi connectivity index (χ2n) is 11.9. The summed E-state index contributed by atoms with van der Waals surface area (Å²) in [6, 6.07) is 7.99. The Morgan fingerprint density at radius 2 is 1.70 bits per heavy atom. The van der Waals surface area contributed by atoms with Gasteiger partial charge in [-0.05, 0) is 73.5 Å². The highest BCUT2D eigenvalue weighted by Crippen LogP contribution is 2.50. The topological polar surface area (TPSA) is 15.6 Å². The van der Waals surface area contributed by atoms with Crippen molar-refractivity contribution in [1.29, 1.82) is 0 Å². The van der Waals surface area contributed by atoms with Gasteiger partial charge in [-0.25, -0.2) is 22.6 Å². The standard InChI is InChI=1S/C34H40F4N2/c1-8-25-14-21(4)16-34(9-2,18-25)17-22(5)33(39-19-23(6)26-12-10-20(3)11-13-26)40-24(7)15-27-28(35)29(36)30(37)31(38)32(27)40/h10-13,19,21,25H,5,7-9,14-18H2,1-4,6H3/b23-19+,39-33?. The van der Waals surface area contributed by atoms with E-state index in [1.165, 1.54) is 11.3 Å². The van der Waals surface area contributed by atoms with Crippen LogP contribution in [0.2, 0.25) is 0 Å². The van der Waals surface area contributed by atoms with E-state index in [0.717, 1.165) is 42.4 Å². The molecule has 0 saturated heterocycles. The van der Waals surface area contributed by atoms with Gasteiger partial charge in [0.15, 0.2) is 23.3 Å². The van der Waals surface area contributed by atoms with Crippen LogP contribution in [-0.2, 0) is 6.42 Å². The van der Waals surface area contributed by atoms with Crippen LogP contribution in [-0.4, -0.2) is 5.84 Å². The normalized spacial score (nSPS) is 23.5. The number of aryl methyl sites for hydroxylation is 1. The first kappa shape index (κ1) is 29.8. The van der Waals surface area contributed by atoms with Crippen LogP contribution >= 0.6 is 0 Å². The average molecular weight is 553 g/mol. The summed E-state index contributed by atoms with van der Waals surface area (Å²) < 4.78 is 58.7. The molecule has 2 aliphatic rings. The smallest absolute Gasteiger partial charge is 0.199 e. The van der Waals surface area contributed by atoms with Crippen LogP contribution in [0.5, 0.6) is 0 Å². The van der Waals surface area contributed by atoms with Gasteiger partial charge in [0.25, 0.3) is 0 Å². The van der Waals surface area contributed by atoms with Crippen molar-refractivity contribution in [2.45, 2.75) is 79.6 Å². The van der Waals surface area contributed by atoms with Crippen molar-refractivity contribution in [3.63, 3.8) is 0 Å². The maximum atomic E-state index is 15.3. The molecule has 0 spiro atoms. The summed E-state index contributed by atoms with van der Waals surface area (Å²) in [6.07, 6.45) is 7.43. The molecule has 1 aliphatic heterocycles. The number of allylic oxidation sites excluding steroid dienone is 2. The van der Waals surface area contributed by atoms with Crippen LogP contribution in [0.4, 0.5) is 23.2 Å². The molecule has 0 bridgehead atoms. The number of fused-ring (bicyclic) bond motifs is 1. The number of benzene rings is 2. The molecule has 3 unspecified atom stereocenters. The number of amidine groups is 1. The van der Waals surface area contributed by atoms with Crippen LogP contribution in [0.1, 0.15) is 82.9 Å². The molecule has 6 heteroatoms. The maximum absolute atomic E-state index is 15.3. The van der Waals surface area contributed by atoms with Crippen LogP contribution in [0.15, 0.2) is 59.9 Å². The van der Waals surface area contributed by atoms with Crippen LogP contribution < -0.4 is 4.90 Å². The van der Waals surface area contributed by atoms with Gasteiger partial charge in [0.2, 0.25) is 0 Å². The van der Waals surface area contributed by atoms with Gasteiger partial charge in [-0.15, -0.1) is 0 Å². The predicted molar refractivity (Wildman–Crippen MR) is 157 cm³/mol. The summed E-state index contributed by atoms with van der Waals surface area (Å²) in [4.78, 5) is 6.12. The molecule has 0 radical (unpaired) electrons. The Morgan fingerprint density at radius 3 is 2.33 bits per heavy atom. The van der Waals surface area contributed by atoms with Crippen LogP contribution in [0.25, 0.3) is 5.57 Å². The zero-order chi connectivity index (χ0) is 29.4. The Kier molecular flexibility index (Phi) is 8.77. The third-order valence-electron chi connectivity index (χ3n) is 8.83. The number of nitrogens with zero attached hydrogens (tertiary/aromatic N) is 2. The monoisotopic (exact) mass is 552 g/mol. The van der Waals surface area contributed by atoms with Gasteiger partial charge in [-0.1, -0.05) is 76.6 Å². The van der Waals surface area contributed by atoms with Crippen LogP contribution in [0, 0.1) is 47.4 Å². The molecule has 2 nitrogen and oxygen atoms in total. The Hall–Kier alpha value is -3.15. The van der Waals surface area contributed by atoms with Gasteiger partial charge in [-0.2, -0.15) is 0 Å². The van der Waals surface area contributed by atoms with Gasteiger partial charge >= 0.3 is 0 Å². The minimum Gasteiger partial charge on any atom is -0.295 e. The Morgan fingerprint density at radius 1 is 1.05 bits per heavy atom. The lowest BCUT2D eigenvalue weighted by molar-refractivity contribution is 0.0910. The fraction of sp³-hybridized carbons (Fsp3) is 0.441. The molecule has 2 aromatic carbocycles. The van der Waals surface area contributed by atoms with Crippen molar-refractivity contribution in [2.24, 2.45) is 22.2 Å². The highest BCUT2D eigenvalue weighted by atomic mass is 19.2. The van der Waals surface area contributed by atoms with Crippen molar-refractivity contribution in [3.8, 4) is 0 Å². The molecule has 1 heterocycles. The minimum atomic E-state index is -1.84. The van der Waals surface area contributed by atoms with E-state index in [1.807, 2.05) is 38.1 Å². The average Bonchev–Trinajstić information content (AvgIpc) is 3.27. The molecule has 0 aromatic heterocycles. The number of hydrogen-bond acceptors (Lipinski definition) is 1. The molecule has 1 fully saturated rings. The Bertz CT molecular complexity index is 1370. The van der Waals surface area contributed by atoms with E-state index in [9.17, 15) is 13.2 Å². The Balaban J connectivity index is 1.82. The highest BCUT2D eigenvalue weighted by molar-refractivity contribution is 6.13. The first-order chi connectivity index (χ1) is 18.9. The number of anilines is 1. The molecule has 0 N–H and O–H groups in total. The third-order valence-corrected chi connectivity index (χ3v) is 8.83. The third kappa shape index (κ3) is 5.68. The molecule has 4 rings (SSSR count). The molecule has 3 atom stereocenters. The lowest BCUT2D eigenvalue weighted by Gasteiger charge is -2.44. The predicted octanol–water partition coefficient (Wildman–Crippen LogP) is 10.1. The molecule has 1 aliphatic carbocycles. The summed E-state index contributed by atoms with van der Waals surface area (Å²) >= 11 is 0. The number of halogens is 4. The SMILES string of the molecule is C=C(CC1(CC)CC(C)CC(CC)C1)C(=N/C=C(\C)c1ccc(C)cc1)N1C(=C)Cc2c(F)c(F)c(F)c(F)c21. The molecule has 2 aromatic rings. The molecule has 1 saturated carbocycles. The summed E-state index contributed by atoms with van der Waals surface area (Å²) in [5, 5.41) is 0. The summed E-state index contributed by atoms with van der Waals surface area (Å²) in [6.45, 7) is 19.0. The lowest BCUT2D eigenvalue weighted by atomic mass is 9.61. The zero-order valence-electron chi connectivity index (χ0n) is 24.3. The summed E-state index contributed by atoms with van der Waals surface area (Å²) in [5.74, 6) is -5.07. The molecule has 214 valence electrons. The van der Waals surface area contributed by atoms with E-state index in [0.29, 0.717) is 23.8 Å². The molecule has 0 amide bonds. The number of aliphatic imine (C=N–C) groups is 1. The van der Waals surface area contributed by atoms with Crippen LogP contribution in [0.3, 0.4) is 0 Å². The first-order valence-corrected chi connectivity index (χ1v) is 14.2. The van der Waals surface area contributed by atoms with E-state index in [4.69, 9.17) is 4.99 Å². The van der Waals surface area contributed by atoms with E-state index < -0.39 is 23.3 Å². The van der Waals surface area contributed by atoms with Gasteiger partial charge in [0.05, 0.1) is 5.69 Å². The maximum Gasteiger partial charge on any atom is 0.199 e. The molecular formula is C34H40F4N2. The van der Waals surface area contributed by atoms with Gasteiger partial charge < -0.3 is 0 Å². The number of rotatable bonds is 7. The quantitative estimate of drug-likeness (QED) is 0.110. The van der Waals surface area contributed by atoms with Crippen molar-refractivity contribution >= 4 is 17.1 Å². The summed E-state index contributed by atoms with van der Waals surface area (Å²) in [7, 11) is 0. The van der Waals surface area contributed by atoms with E-state index in [2.05, 4.69) is 33.9 Å². The molecular weight excluding hydrogens is 512 g/mol. The highest BCUT2D eigenvalue weighted by Gasteiger charge is 2.41. The Labute approximate surface area is 236 Å². The second kappa shape index (κ2) is 11.8. The largest absolute Gasteiger partial charge is 0.295 e. The van der Waals surface area contributed by atoms with E-state index in [-0.39, 0.29) is 34.6 Å². The summed E-state index contributed by atoms with van der Waals surface area (Å²) in [5.41, 5.74) is 3.21. The number of hydrogen-bond donors (Lipinski definition) is 0. The fourth-order valence-corrected chi connectivity index (χ4v) is 6.68. The van der Waals surface area contributed by atoms with Crippen molar-refractivity contribution in [1.82, 2.24) is 0 Å². The van der Waals surface area contributed by atoms with Crippen molar-refractivity contribution < 1.29 is 17.6 Å². The first-order valence-electron chi connectivity index (χ1n) is 14.2. The zero-order valence-corrected chi connectivity index (χ0v) is 24.3. The van der Waals surface area contributed by atoms with Gasteiger partial charge in [-0.3, -0.25) is 4.90 Å². The second-order valence-corrected chi connectivity index (χ2v) is 11.9. The van der Waals surface area contributed by atoms with E-state index >= 15 is 4.39 Å². The molecule has 40 heavy (non-hydrogen) atoms. The van der Waals surface area contributed by atoms with Crippen molar-refractivity contribution in [2.75, 3.05) is 4.90 Å². The van der Waals surface area contributed by atoms with E-state index in [1.54, 1.807) is 6.20 Å². The van der Waals surface area contributed by atoms with Gasteiger partial charge in [0.1, 0.15) is 5.84 Å². The van der Waals surface area contributed by atoms with Crippen molar-refractivity contribution in [3.05, 3.63) is 94.9 Å². The lowest BCUT2D eigenvalue weighted by Crippen LogP contribution is -2.36. The minimum absolute atomic E-state index is 0.0202. The fourth-order valence-electron chi connectivity index (χ4n) is 6.68. The van der Waals surface area contributed by atoms with Gasteiger partial charge in [0, 0.05) is 23.9 Å².